The highest BCUT2D eigenvalue weighted by molar-refractivity contribution is 6.00. The van der Waals surface area contributed by atoms with Crippen molar-refractivity contribution in [1.82, 2.24) is 0 Å². The lowest BCUT2D eigenvalue weighted by atomic mass is 9.91. The van der Waals surface area contributed by atoms with Crippen molar-refractivity contribution in [2.45, 2.75) is 46.5 Å². The predicted molar refractivity (Wildman–Crippen MR) is 60.6 cm³/mol. The Kier molecular flexibility index (Phi) is 4.53. The van der Waals surface area contributed by atoms with Gasteiger partial charge in [0.25, 0.3) is 0 Å². The van der Waals surface area contributed by atoms with E-state index in [2.05, 4.69) is 25.1 Å². The number of hydrogen-bond donors (Lipinski definition) is 0. The predicted octanol–water partition coefficient (Wildman–Crippen LogP) is 3.06. The normalized spacial score (nSPS) is 22.4. The molecule has 1 saturated carbocycles. The van der Waals surface area contributed by atoms with Crippen LogP contribution >= 0.6 is 0 Å². The zero-order chi connectivity index (χ0) is 11.3. The number of oxime groups is 1. The summed E-state index contributed by atoms with van der Waals surface area (Å²) < 4.78 is 0. The SMILES string of the molecule is CC(=O)O/N=C1/CCCC/C1=C\C(C)C. The third-order valence-corrected chi connectivity index (χ3v) is 2.30. The molecule has 0 N–H and O–H groups in total. The first-order valence-electron chi connectivity index (χ1n) is 5.55. The Bertz CT molecular complexity index is 290. The zero-order valence-corrected chi connectivity index (χ0v) is 9.75. The molecule has 0 spiro atoms. The van der Waals surface area contributed by atoms with Gasteiger partial charge in [0, 0.05) is 6.92 Å². The second-order valence-electron chi connectivity index (χ2n) is 4.26. The van der Waals surface area contributed by atoms with E-state index in [1.54, 1.807) is 0 Å². The van der Waals surface area contributed by atoms with Crippen LogP contribution in [0.15, 0.2) is 16.8 Å². The minimum Gasteiger partial charge on any atom is -0.318 e. The fourth-order valence-electron chi connectivity index (χ4n) is 1.72. The quantitative estimate of drug-likeness (QED) is 0.518. The lowest BCUT2D eigenvalue weighted by molar-refractivity contribution is -0.140. The van der Waals surface area contributed by atoms with Gasteiger partial charge in [-0.25, -0.2) is 4.79 Å². The van der Waals surface area contributed by atoms with E-state index in [1.165, 1.54) is 18.9 Å². The van der Waals surface area contributed by atoms with Crippen LogP contribution in [0.4, 0.5) is 0 Å². The molecule has 0 amide bonds. The standard InChI is InChI=1S/C12H19NO2/c1-9(2)8-11-6-4-5-7-12(11)13-15-10(3)14/h8-9H,4-7H2,1-3H3/b11-8+,13-12-. The lowest BCUT2D eigenvalue weighted by Crippen LogP contribution is -2.11. The summed E-state index contributed by atoms with van der Waals surface area (Å²) in [5.74, 6) is 0.164. The Labute approximate surface area is 91.2 Å². The summed E-state index contributed by atoms with van der Waals surface area (Å²) in [6, 6.07) is 0. The van der Waals surface area contributed by atoms with Gasteiger partial charge in [-0.3, -0.25) is 0 Å². The third-order valence-electron chi connectivity index (χ3n) is 2.30. The average molecular weight is 209 g/mol. The molecule has 0 heterocycles. The molecule has 84 valence electrons. The van der Waals surface area contributed by atoms with Gasteiger partial charge < -0.3 is 4.84 Å². The maximum absolute atomic E-state index is 10.7. The van der Waals surface area contributed by atoms with Gasteiger partial charge >= 0.3 is 5.97 Å². The molecule has 1 aliphatic carbocycles. The molecule has 0 unspecified atom stereocenters. The molecule has 0 atom stereocenters. The first-order valence-corrected chi connectivity index (χ1v) is 5.55. The minimum atomic E-state index is -0.350. The van der Waals surface area contributed by atoms with E-state index >= 15 is 0 Å². The van der Waals surface area contributed by atoms with Crippen molar-refractivity contribution >= 4 is 11.7 Å². The first-order chi connectivity index (χ1) is 7.09. The highest BCUT2D eigenvalue weighted by atomic mass is 16.7. The molecule has 3 nitrogen and oxygen atoms in total. The molecule has 15 heavy (non-hydrogen) atoms. The third kappa shape index (κ3) is 4.28. The molecule has 0 aromatic carbocycles. The van der Waals surface area contributed by atoms with Gasteiger partial charge in [-0.05, 0) is 37.2 Å². The van der Waals surface area contributed by atoms with Crippen molar-refractivity contribution in [3.8, 4) is 0 Å². The van der Waals surface area contributed by atoms with Crippen molar-refractivity contribution < 1.29 is 9.63 Å². The highest BCUT2D eigenvalue weighted by Crippen LogP contribution is 2.22. The monoisotopic (exact) mass is 209 g/mol. The summed E-state index contributed by atoms with van der Waals surface area (Å²) in [5, 5.41) is 3.92. The maximum atomic E-state index is 10.7. The molecule has 0 saturated heterocycles. The molecule has 0 bridgehead atoms. The fraction of sp³-hybridized carbons (Fsp3) is 0.667. The Hall–Kier alpha value is -1.12. The van der Waals surface area contributed by atoms with Gasteiger partial charge in [-0.1, -0.05) is 25.1 Å². The highest BCUT2D eigenvalue weighted by Gasteiger charge is 2.14. The van der Waals surface area contributed by atoms with Gasteiger partial charge in [-0.15, -0.1) is 0 Å². The van der Waals surface area contributed by atoms with Crippen LogP contribution in [-0.2, 0) is 9.63 Å². The van der Waals surface area contributed by atoms with Crippen LogP contribution in [0.25, 0.3) is 0 Å². The molecule has 0 aliphatic heterocycles. The molecule has 1 fully saturated rings. The fourth-order valence-corrected chi connectivity index (χ4v) is 1.72. The van der Waals surface area contributed by atoms with Crippen LogP contribution < -0.4 is 0 Å². The molecule has 0 radical (unpaired) electrons. The second-order valence-corrected chi connectivity index (χ2v) is 4.26. The number of carbonyl (C=O) groups is 1. The van der Waals surface area contributed by atoms with Crippen LogP contribution in [0.1, 0.15) is 46.5 Å². The zero-order valence-electron chi connectivity index (χ0n) is 9.75. The van der Waals surface area contributed by atoms with Gasteiger partial charge in [0.2, 0.25) is 0 Å². The number of hydrogen-bond acceptors (Lipinski definition) is 3. The van der Waals surface area contributed by atoms with Crippen molar-refractivity contribution in [3.05, 3.63) is 11.6 Å². The average Bonchev–Trinajstić information content (AvgIpc) is 2.15. The van der Waals surface area contributed by atoms with Crippen molar-refractivity contribution in [3.63, 3.8) is 0 Å². The van der Waals surface area contributed by atoms with E-state index in [0.29, 0.717) is 5.92 Å². The van der Waals surface area contributed by atoms with Crippen LogP contribution in [0.3, 0.4) is 0 Å². The van der Waals surface area contributed by atoms with Gasteiger partial charge in [0.15, 0.2) is 0 Å². The van der Waals surface area contributed by atoms with E-state index in [1.807, 2.05) is 0 Å². The molecular weight excluding hydrogens is 190 g/mol. The summed E-state index contributed by atoms with van der Waals surface area (Å²) in [5.41, 5.74) is 2.20. The maximum Gasteiger partial charge on any atom is 0.331 e. The van der Waals surface area contributed by atoms with Crippen LogP contribution in [0, 0.1) is 5.92 Å². The Morgan fingerprint density at radius 1 is 1.40 bits per heavy atom. The summed E-state index contributed by atoms with van der Waals surface area (Å²) >= 11 is 0. The Morgan fingerprint density at radius 3 is 2.67 bits per heavy atom. The number of nitrogens with zero attached hydrogens (tertiary/aromatic N) is 1. The molecule has 0 aromatic rings. The summed E-state index contributed by atoms with van der Waals surface area (Å²) in [7, 11) is 0. The summed E-state index contributed by atoms with van der Waals surface area (Å²) in [4.78, 5) is 15.4. The molecular formula is C12H19NO2. The van der Waals surface area contributed by atoms with Crippen LogP contribution in [0.2, 0.25) is 0 Å². The Balaban J connectivity index is 2.73. The van der Waals surface area contributed by atoms with Crippen LogP contribution in [-0.4, -0.2) is 11.7 Å². The van der Waals surface area contributed by atoms with Gasteiger partial charge in [-0.2, -0.15) is 0 Å². The molecule has 0 aromatic heterocycles. The lowest BCUT2D eigenvalue weighted by Gasteiger charge is -2.16. The first kappa shape index (κ1) is 12.0. The van der Waals surface area contributed by atoms with E-state index < -0.39 is 0 Å². The minimum absolute atomic E-state index is 0.350. The van der Waals surface area contributed by atoms with E-state index in [4.69, 9.17) is 4.84 Å². The van der Waals surface area contributed by atoms with E-state index in [0.717, 1.165) is 25.0 Å². The largest absolute Gasteiger partial charge is 0.331 e. The van der Waals surface area contributed by atoms with Gasteiger partial charge in [0.1, 0.15) is 0 Å². The Morgan fingerprint density at radius 2 is 2.07 bits per heavy atom. The number of carbonyl (C=O) groups excluding carboxylic acids is 1. The second kappa shape index (κ2) is 5.69. The van der Waals surface area contributed by atoms with Crippen molar-refractivity contribution in [1.29, 1.82) is 0 Å². The summed E-state index contributed by atoms with van der Waals surface area (Å²) in [6.07, 6.45) is 6.53. The van der Waals surface area contributed by atoms with Crippen molar-refractivity contribution in [2.24, 2.45) is 11.1 Å². The van der Waals surface area contributed by atoms with E-state index in [-0.39, 0.29) is 5.97 Å². The molecule has 1 aliphatic rings. The smallest absolute Gasteiger partial charge is 0.318 e. The molecule has 1 rings (SSSR count). The van der Waals surface area contributed by atoms with Crippen LogP contribution in [0.5, 0.6) is 0 Å². The van der Waals surface area contributed by atoms with Gasteiger partial charge in [0.05, 0.1) is 5.71 Å². The number of allylic oxidation sites excluding steroid dienone is 2. The topological polar surface area (TPSA) is 38.7 Å². The van der Waals surface area contributed by atoms with E-state index in [9.17, 15) is 4.79 Å². The number of rotatable bonds is 2. The summed E-state index contributed by atoms with van der Waals surface area (Å²) in [6.45, 7) is 5.66. The molecule has 3 heteroatoms. The van der Waals surface area contributed by atoms with Crippen molar-refractivity contribution in [2.75, 3.05) is 0 Å².